The number of nitrogens with zero attached hydrogens (tertiary/aromatic N) is 2. The minimum atomic E-state index is -0.126. The van der Waals surface area contributed by atoms with E-state index in [9.17, 15) is 4.79 Å². The van der Waals surface area contributed by atoms with E-state index in [1.165, 1.54) is 5.56 Å². The fraction of sp³-hybridized carbons (Fsp3) is 0.300. The van der Waals surface area contributed by atoms with E-state index in [4.69, 9.17) is 11.6 Å². The molecule has 134 valence electrons. The summed E-state index contributed by atoms with van der Waals surface area (Å²) in [7, 11) is 0. The monoisotopic (exact) mass is 368 g/mol. The Morgan fingerprint density at radius 3 is 2.65 bits per heavy atom. The summed E-state index contributed by atoms with van der Waals surface area (Å²) in [6, 6.07) is 12.0. The maximum Gasteiger partial charge on any atom is 0.269 e. The van der Waals surface area contributed by atoms with Gasteiger partial charge in [0.2, 0.25) is 0 Å². The highest BCUT2D eigenvalue weighted by Crippen LogP contribution is 2.27. The van der Waals surface area contributed by atoms with Crippen LogP contribution in [0.4, 0.5) is 0 Å². The number of halogens is 1. The summed E-state index contributed by atoms with van der Waals surface area (Å²) in [6.45, 7) is 2.86. The molecule has 4 rings (SSSR count). The van der Waals surface area contributed by atoms with Crippen molar-refractivity contribution in [3.8, 4) is 0 Å². The van der Waals surface area contributed by atoms with Crippen LogP contribution in [0.3, 0.4) is 0 Å². The number of hydrogen-bond acceptors (Lipinski definition) is 3. The number of nitrogens with one attached hydrogen (secondary N) is 2. The van der Waals surface area contributed by atoms with Crippen molar-refractivity contribution in [3.63, 3.8) is 0 Å². The SMILES string of the molecule is O=C(NC1CCN(Cc2ccncc2)CC1)c1[nH]c2ccccc2c1Cl. The van der Waals surface area contributed by atoms with Gasteiger partial charge < -0.3 is 10.3 Å². The Bertz CT molecular complexity index is 901. The van der Waals surface area contributed by atoms with Gasteiger partial charge >= 0.3 is 0 Å². The van der Waals surface area contributed by atoms with Gasteiger partial charge in [0.05, 0.1) is 5.02 Å². The number of piperidine rings is 1. The molecule has 2 N–H and O–H groups in total. The van der Waals surface area contributed by atoms with E-state index < -0.39 is 0 Å². The van der Waals surface area contributed by atoms with Crippen molar-refractivity contribution in [3.05, 3.63) is 65.1 Å². The molecule has 1 fully saturated rings. The molecule has 3 heterocycles. The highest BCUT2D eigenvalue weighted by atomic mass is 35.5. The number of carbonyl (C=O) groups is 1. The minimum absolute atomic E-state index is 0.126. The fourth-order valence-electron chi connectivity index (χ4n) is 3.50. The second kappa shape index (κ2) is 7.48. The van der Waals surface area contributed by atoms with Crippen LogP contribution in [0.25, 0.3) is 10.9 Å². The molecular formula is C20H21ClN4O. The molecule has 0 bridgehead atoms. The van der Waals surface area contributed by atoms with Crippen molar-refractivity contribution in [2.24, 2.45) is 0 Å². The van der Waals surface area contributed by atoms with Crippen molar-refractivity contribution in [2.75, 3.05) is 13.1 Å². The molecule has 1 amide bonds. The largest absolute Gasteiger partial charge is 0.349 e. The van der Waals surface area contributed by atoms with Gasteiger partial charge in [-0.1, -0.05) is 29.8 Å². The molecule has 0 spiro atoms. The first-order valence-electron chi connectivity index (χ1n) is 8.89. The molecule has 3 aromatic rings. The molecule has 6 heteroatoms. The topological polar surface area (TPSA) is 61.0 Å². The van der Waals surface area contributed by atoms with Gasteiger partial charge in [0.1, 0.15) is 5.69 Å². The van der Waals surface area contributed by atoms with Gasteiger partial charge in [-0.2, -0.15) is 0 Å². The number of fused-ring (bicyclic) bond motifs is 1. The number of hydrogen-bond donors (Lipinski definition) is 2. The maximum atomic E-state index is 12.6. The number of amides is 1. The lowest BCUT2D eigenvalue weighted by molar-refractivity contribution is 0.0905. The number of aromatic nitrogens is 2. The zero-order chi connectivity index (χ0) is 17.9. The Morgan fingerprint density at radius 1 is 1.19 bits per heavy atom. The third-order valence-corrected chi connectivity index (χ3v) is 5.34. The lowest BCUT2D eigenvalue weighted by Crippen LogP contribution is -2.44. The molecule has 5 nitrogen and oxygen atoms in total. The van der Waals surface area contributed by atoms with E-state index in [-0.39, 0.29) is 11.9 Å². The average molecular weight is 369 g/mol. The quantitative estimate of drug-likeness (QED) is 0.739. The number of pyridine rings is 1. The van der Waals surface area contributed by atoms with Gasteiger partial charge in [0.15, 0.2) is 0 Å². The average Bonchev–Trinajstić information content (AvgIpc) is 3.01. The second-order valence-electron chi connectivity index (χ2n) is 6.74. The number of benzene rings is 1. The molecule has 0 radical (unpaired) electrons. The van der Waals surface area contributed by atoms with Crippen LogP contribution in [0.5, 0.6) is 0 Å². The van der Waals surface area contributed by atoms with E-state index >= 15 is 0 Å². The summed E-state index contributed by atoms with van der Waals surface area (Å²) in [6.07, 6.45) is 5.53. The molecule has 1 aliphatic heterocycles. The van der Waals surface area contributed by atoms with Gasteiger partial charge in [0.25, 0.3) is 5.91 Å². The van der Waals surface area contributed by atoms with Crippen LogP contribution in [0, 0.1) is 0 Å². The van der Waals surface area contributed by atoms with E-state index in [2.05, 4.69) is 20.2 Å². The normalized spacial score (nSPS) is 16.0. The lowest BCUT2D eigenvalue weighted by Gasteiger charge is -2.32. The molecule has 2 aromatic heterocycles. The van der Waals surface area contributed by atoms with E-state index in [1.807, 2.05) is 48.8 Å². The van der Waals surface area contributed by atoms with Crippen molar-refractivity contribution in [2.45, 2.75) is 25.4 Å². The number of rotatable bonds is 4. The molecule has 0 atom stereocenters. The third kappa shape index (κ3) is 3.59. The van der Waals surface area contributed by atoms with Gasteiger partial charge in [-0.15, -0.1) is 0 Å². The van der Waals surface area contributed by atoms with E-state index in [0.717, 1.165) is 43.4 Å². The first kappa shape index (κ1) is 17.1. The Balaban J connectivity index is 1.35. The Kier molecular flexibility index (Phi) is 4.91. The second-order valence-corrected chi connectivity index (χ2v) is 7.12. The van der Waals surface area contributed by atoms with Crippen LogP contribution < -0.4 is 5.32 Å². The van der Waals surface area contributed by atoms with Crippen molar-refractivity contribution in [1.82, 2.24) is 20.2 Å². The van der Waals surface area contributed by atoms with E-state index in [1.54, 1.807) is 0 Å². The maximum absolute atomic E-state index is 12.6. The zero-order valence-corrected chi connectivity index (χ0v) is 15.2. The number of para-hydroxylation sites is 1. The molecule has 0 aliphatic carbocycles. The van der Waals surface area contributed by atoms with Crippen LogP contribution >= 0.6 is 11.6 Å². The van der Waals surface area contributed by atoms with Crippen LogP contribution in [-0.4, -0.2) is 39.9 Å². The summed E-state index contributed by atoms with van der Waals surface area (Å²) < 4.78 is 0. The molecule has 1 aliphatic rings. The summed E-state index contributed by atoms with van der Waals surface area (Å²) in [5.41, 5.74) is 2.61. The first-order chi connectivity index (χ1) is 12.7. The smallest absolute Gasteiger partial charge is 0.269 e. The van der Waals surface area contributed by atoms with Crippen molar-refractivity contribution < 1.29 is 4.79 Å². The summed E-state index contributed by atoms with van der Waals surface area (Å²) >= 11 is 6.38. The highest BCUT2D eigenvalue weighted by Gasteiger charge is 2.23. The lowest BCUT2D eigenvalue weighted by atomic mass is 10.0. The Morgan fingerprint density at radius 2 is 1.92 bits per heavy atom. The van der Waals surface area contributed by atoms with Crippen LogP contribution in [-0.2, 0) is 6.54 Å². The fourth-order valence-corrected chi connectivity index (χ4v) is 3.80. The molecule has 1 saturated heterocycles. The standard InChI is InChI=1S/C20H21ClN4O/c21-18-16-3-1-2-4-17(16)24-19(18)20(26)23-15-7-11-25(12-8-15)13-14-5-9-22-10-6-14/h1-6,9-10,15,24H,7-8,11-13H2,(H,23,26). The van der Waals surface area contributed by atoms with E-state index in [0.29, 0.717) is 10.7 Å². The minimum Gasteiger partial charge on any atom is -0.349 e. The van der Waals surface area contributed by atoms with Gasteiger partial charge in [-0.25, -0.2) is 0 Å². The zero-order valence-electron chi connectivity index (χ0n) is 14.4. The summed E-state index contributed by atoms with van der Waals surface area (Å²) in [5.74, 6) is -0.126. The van der Waals surface area contributed by atoms with Gasteiger partial charge in [-0.05, 0) is 36.6 Å². The predicted molar refractivity (Wildman–Crippen MR) is 103 cm³/mol. The van der Waals surface area contributed by atoms with Crippen molar-refractivity contribution in [1.29, 1.82) is 0 Å². The molecule has 26 heavy (non-hydrogen) atoms. The summed E-state index contributed by atoms with van der Waals surface area (Å²) in [5, 5.41) is 4.50. The van der Waals surface area contributed by atoms with Crippen LogP contribution in [0.1, 0.15) is 28.9 Å². The third-order valence-electron chi connectivity index (χ3n) is 4.95. The van der Waals surface area contributed by atoms with Gasteiger partial charge in [0, 0.05) is 49.0 Å². The van der Waals surface area contributed by atoms with Crippen LogP contribution in [0.15, 0.2) is 48.8 Å². The number of H-pyrrole nitrogens is 1. The molecule has 0 unspecified atom stereocenters. The highest BCUT2D eigenvalue weighted by molar-refractivity contribution is 6.38. The van der Waals surface area contributed by atoms with Crippen molar-refractivity contribution >= 4 is 28.4 Å². The Labute approximate surface area is 157 Å². The summed E-state index contributed by atoms with van der Waals surface area (Å²) in [4.78, 5) is 22.2. The van der Waals surface area contributed by atoms with Gasteiger partial charge in [-0.3, -0.25) is 14.7 Å². The Hall–Kier alpha value is -2.37. The molecular weight excluding hydrogens is 348 g/mol. The molecule has 0 saturated carbocycles. The first-order valence-corrected chi connectivity index (χ1v) is 9.27. The number of likely N-dealkylation sites (tertiary alicyclic amines) is 1. The number of carbonyl (C=O) groups excluding carboxylic acids is 1. The number of aromatic amines is 1. The van der Waals surface area contributed by atoms with Crippen LogP contribution in [0.2, 0.25) is 5.02 Å². The molecule has 1 aromatic carbocycles. The predicted octanol–water partition coefficient (Wildman–Crippen LogP) is 3.61.